The van der Waals surface area contributed by atoms with Gasteiger partial charge in [0, 0.05) is 13.0 Å². The van der Waals surface area contributed by atoms with Crippen LogP contribution in [-0.2, 0) is 20.8 Å². The Morgan fingerprint density at radius 2 is 2.15 bits per heavy atom. The Hall–Kier alpha value is -2.17. The van der Waals surface area contributed by atoms with Crippen LogP contribution in [0.2, 0.25) is 0 Å². The molecule has 2 atom stereocenters. The molecule has 2 aliphatic rings. The number of carbonyl (C=O) groups is 2. The van der Waals surface area contributed by atoms with Gasteiger partial charge in [-0.15, -0.1) is 0 Å². The van der Waals surface area contributed by atoms with Crippen LogP contribution in [0.25, 0.3) is 0 Å². The number of fused-ring (bicyclic) bond motifs is 3. The van der Waals surface area contributed by atoms with Gasteiger partial charge in [0.2, 0.25) is 5.91 Å². The highest BCUT2D eigenvalue weighted by Crippen LogP contribution is 2.37. The van der Waals surface area contributed by atoms with E-state index in [1.807, 2.05) is 18.2 Å². The maximum Gasteiger partial charge on any atom is 0.239 e. The summed E-state index contributed by atoms with van der Waals surface area (Å²) >= 11 is 0. The second kappa shape index (κ2) is 5.07. The van der Waals surface area contributed by atoms with Gasteiger partial charge in [-0.05, 0) is 17.5 Å². The molecular formula is C15H16N2O3. The van der Waals surface area contributed by atoms with Crippen molar-refractivity contribution in [1.29, 1.82) is 0 Å². The lowest BCUT2D eigenvalue weighted by Crippen LogP contribution is -2.50. The largest absolute Gasteiger partial charge is 0.399 e. The molecule has 0 N–H and O–H groups in total. The lowest BCUT2D eigenvalue weighted by atomic mass is 9.82. The Kier molecular flexibility index (Phi) is 3.26. The van der Waals surface area contributed by atoms with Crippen LogP contribution in [0.1, 0.15) is 23.6 Å². The van der Waals surface area contributed by atoms with E-state index in [9.17, 15) is 9.59 Å². The summed E-state index contributed by atoms with van der Waals surface area (Å²) in [5.74, 6) is -1.05. The van der Waals surface area contributed by atoms with E-state index in [2.05, 4.69) is 16.1 Å². The van der Waals surface area contributed by atoms with Crippen molar-refractivity contribution in [3.63, 3.8) is 0 Å². The molecule has 1 aromatic rings. The molecule has 0 aliphatic carbocycles. The van der Waals surface area contributed by atoms with Gasteiger partial charge >= 0.3 is 0 Å². The molecule has 1 aromatic carbocycles. The lowest BCUT2D eigenvalue weighted by Gasteiger charge is -2.41. The third kappa shape index (κ3) is 1.99. The zero-order chi connectivity index (χ0) is 14.1. The van der Waals surface area contributed by atoms with E-state index in [1.54, 1.807) is 4.90 Å². The number of oxime groups is 1. The van der Waals surface area contributed by atoms with E-state index in [4.69, 9.17) is 0 Å². The molecule has 1 amide bonds. The van der Waals surface area contributed by atoms with Crippen LogP contribution < -0.4 is 0 Å². The first-order valence-electron chi connectivity index (χ1n) is 6.70. The molecule has 1 saturated heterocycles. The Morgan fingerprint density at radius 1 is 1.35 bits per heavy atom. The van der Waals surface area contributed by atoms with Gasteiger partial charge in [-0.3, -0.25) is 9.59 Å². The molecule has 5 nitrogen and oxygen atoms in total. The number of nitrogens with zero attached hydrogens (tertiary/aromatic N) is 2. The first-order valence-corrected chi connectivity index (χ1v) is 6.70. The predicted octanol–water partition coefficient (Wildman–Crippen LogP) is 1.33. The standard InChI is InChI=1S/C15H16N2O3/c1-20-16-9-12-14(18)8-13-11-5-3-2-4-10(11)6-7-17(13)15(12)19/h2-5,9,12-13H,6-8H2,1H3/b16-9-/t12-,13-/m0/s1. The molecule has 2 aliphatic heterocycles. The average molecular weight is 272 g/mol. The third-order valence-electron chi connectivity index (χ3n) is 4.02. The third-order valence-corrected chi connectivity index (χ3v) is 4.02. The molecule has 5 heteroatoms. The molecule has 104 valence electrons. The van der Waals surface area contributed by atoms with Crippen molar-refractivity contribution >= 4 is 17.9 Å². The summed E-state index contributed by atoms with van der Waals surface area (Å²) in [6, 6.07) is 7.91. The molecular weight excluding hydrogens is 256 g/mol. The minimum atomic E-state index is -0.795. The van der Waals surface area contributed by atoms with Crippen molar-refractivity contribution in [2.75, 3.05) is 13.7 Å². The van der Waals surface area contributed by atoms with Gasteiger partial charge in [0.25, 0.3) is 0 Å². The van der Waals surface area contributed by atoms with Crippen molar-refractivity contribution in [2.45, 2.75) is 18.9 Å². The number of benzene rings is 1. The SMILES string of the molecule is CO/N=C\[C@H]1C(=O)C[C@H]2c3ccccc3CCN2C1=O. The summed E-state index contributed by atoms with van der Waals surface area (Å²) in [6.07, 6.45) is 2.49. The molecule has 2 heterocycles. The van der Waals surface area contributed by atoms with E-state index in [0.717, 1.165) is 12.0 Å². The van der Waals surface area contributed by atoms with Crippen LogP contribution >= 0.6 is 0 Å². The topological polar surface area (TPSA) is 59.0 Å². The van der Waals surface area contributed by atoms with E-state index >= 15 is 0 Å². The van der Waals surface area contributed by atoms with Crippen LogP contribution in [0.5, 0.6) is 0 Å². The number of piperidine rings is 1. The van der Waals surface area contributed by atoms with Crippen molar-refractivity contribution in [3.05, 3.63) is 35.4 Å². The monoisotopic (exact) mass is 272 g/mol. The normalized spacial score (nSPS) is 25.6. The van der Waals surface area contributed by atoms with Crippen molar-refractivity contribution in [1.82, 2.24) is 4.90 Å². The molecule has 0 spiro atoms. The Labute approximate surface area is 117 Å². The number of ketones is 1. The number of rotatable bonds is 2. The fourth-order valence-electron chi connectivity index (χ4n) is 3.04. The average Bonchev–Trinajstić information content (AvgIpc) is 2.47. The summed E-state index contributed by atoms with van der Waals surface area (Å²) in [4.78, 5) is 31.0. The van der Waals surface area contributed by atoms with Crippen molar-refractivity contribution in [2.24, 2.45) is 11.1 Å². The second-order valence-corrected chi connectivity index (χ2v) is 5.08. The molecule has 0 radical (unpaired) electrons. The highest BCUT2D eigenvalue weighted by Gasteiger charge is 2.42. The zero-order valence-corrected chi connectivity index (χ0v) is 11.3. The van der Waals surface area contributed by atoms with Crippen LogP contribution in [0, 0.1) is 5.92 Å². The summed E-state index contributed by atoms with van der Waals surface area (Å²) in [5, 5.41) is 3.58. The van der Waals surface area contributed by atoms with Gasteiger partial charge in [0.15, 0.2) is 5.78 Å². The molecule has 20 heavy (non-hydrogen) atoms. The van der Waals surface area contributed by atoms with E-state index in [-0.39, 0.29) is 17.7 Å². The summed E-state index contributed by atoms with van der Waals surface area (Å²) < 4.78 is 0. The van der Waals surface area contributed by atoms with Gasteiger partial charge < -0.3 is 9.74 Å². The highest BCUT2D eigenvalue weighted by atomic mass is 16.6. The van der Waals surface area contributed by atoms with Crippen LogP contribution in [0.4, 0.5) is 0 Å². The van der Waals surface area contributed by atoms with Crippen LogP contribution in [0.3, 0.4) is 0 Å². The van der Waals surface area contributed by atoms with Gasteiger partial charge in [-0.1, -0.05) is 29.4 Å². The minimum absolute atomic E-state index is 0.0891. The fraction of sp³-hybridized carbons (Fsp3) is 0.400. The Balaban J connectivity index is 1.93. The summed E-state index contributed by atoms with van der Waals surface area (Å²) in [7, 11) is 1.40. The molecule has 3 rings (SSSR count). The Bertz CT molecular complexity index is 582. The predicted molar refractivity (Wildman–Crippen MR) is 73.2 cm³/mol. The summed E-state index contributed by atoms with van der Waals surface area (Å²) in [6.45, 7) is 0.658. The van der Waals surface area contributed by atoms with Gasteiger partial charge in [0.1, 0.15) is 13.0 Å². The number of carbonyl (C=O) groups excluding carboxylic acids is 2. The molecule has 0 aromatic heterocycles. The molecule has 0 saturated carbocycles. The summed E-state index contributed by atoms with van der Waals surface area (Å²) in [5.41, 5.74) is 2.33. The van der Waals surface area contributed by atoms with E-state index < -0.39 is 5.92 Å². The fourth-order valence-corrected chi connectivity index (χ4v) is 3.04. The highest BCUT2D eigenvalue weighted by molar-refractivity contribution is 6.15. The van der Waals surface area contributed by atoms with Gasteiger partial charge in [-0.2, -0.15) is 0 Å². The maximum atomic E-state index is 12.4. The maximum absolute atomic E-state index is 12.4. The number of amides is 1. The van der Waals surface area contributed by atoms with E-state index in [1.165, 1.54) is 18.9 Å². The van der Waals surface area contributed by atoms with Crippen molar-refractivity contribution < 1.29 is 14.4 Å². The second-order valence-electron chi connectivity index (χ2n) is 5.08. The first kappa shape index (κ1) is 12.8. The Morgan fingerprint density at radius 3 is 2.95 bits per heavy atom. The van der Waals surface area contributed by atoms with Gasteiger partial charge in [-0.25, -0.2) is 0 Å². The lowest BCUT2D eigenvalue weighted by molar-refractivity contribution is -0.146. The zero-order valence-electron chi connectivity index (χ0n) is 11.3. The number of hydrogen-bond donors (Lipinski definition) is 0. The molecule has 0 bridgehead atoms. The van der Waals surface area contributed by atoms with Crippen LogP contribution in [-0.4, -0.2) is 36.5 Å². The van der Waals surface area contributed by atoms with Crippen molar-refractivity contribution in [3.8, 4) is 0 Å². The molecule has 0 unspecified atom stereocenters. The number of Topliss-reactive ketones (excluding diaryl/α,β-unsaturated/α-hetero) is 1. The van der Waals surface area contributed by atoms with Gasteiger partial charge in [0.05, 0.1) is 12.3 Å². The minimum Gasteiger partial charge on any atom is -0.399 e. The molecule has 1 fully saturated rings. The van der Waals surface area contributed by atoms with Crippen LogP contribution in [0.15, 0.2) is 29.4 Å². The van der Waals surface area contributed by atoms with E-state index in [0.29, 0.717) is 13.0 Å². The smallest absolute Gasteiger partial charge is 0.239 e. The quantitative estimate of drug-likeness (QED) is 0.463. The number of hydrogen-bond acceptors (Lipinski definition) is 4. The first-order chi connectivity index (χ1) is 9.72.